The summed E-state index contributed by atoms with van der Waals surface area (Å²) < 4.78 is 36.4. The van der Waals surface area contributed by atoms with Crippen LogP contribution in [-0.2, 0) is 0 Å². The van der Waals surface area contributed by atoms with E-state index in [9.17, 15) is 13.2 Å². The second-order valence-corrected chi connectivity index (χ2v) is 4.37. The fourth-order valence-corrected chi connectivity index (χ4v) is 2.02. The van der Waals surface area contributed by atoms with Gasteiger partial charge >= 0.3 is 6.18 Å². The Bertz CT molecular complexity index is 337. The predicted octanol–water partition coefficient (Wildman–Crippen LogP) is 2.42. The molecule has 0 radical (unpaired) electrons. The van der Waals surface area contributed by atoms with Crippen LogP contribution in [0.25, 0.3) is 0 Å². The molecule has 0 amide bonds. The van der Waals surface area contributed by atoms with Gasteiger partial charge in [-0.1, -0.05) is 0 Å². The average Bonchev–Trinajstić information content (AvgIpc) is 2.62. The van der Waals surface area contributed by atoms with Crippen molar-refractivity contribution >= 4 is 16.5 Å². The van der Waals surface area contributed by atoms with Crippen LogP contribution in [0.2, 0.25) is 0 Å². The van der Waals surface area contributed by atoms with Crippen LogP contribution in [0.4, 0.5) is 18.3 Å². The van der Waals surface area contributed by atoms with E-state index in [4.69, 9.17) is 0 Å². The maximum absolute atomic E-state index is 12.1. The fraction of sp³-hybridized carbons (Fsp3) is 0.667. The van der Waals surface area contributed by atoms with E-state index in [0.29, 0.717) is 5.13 Å². The largest absolute Gasteiger partial charge is 0.405 e. The number of rotatable bonds is 4. The molecule has 1 aromatic heterocycles. The van der Waals surface area contributed by atoms with Crippen LogP contribution >= 0.6 is 11.3 Å². The zero-order chi connectivity index (χ0) is 12.3. The summed E-state index contributed by atoms with van der Waals surface area (Å²) in [6.07, 6.45) is -4.20. The molecule has 0 saturated heterocycles. The van der Waals surface area contributed by atoms with Gasteiger partial charge in [0.05, 0.1) is 5.69 Å². The first-order chi connectivity index (χ1) is 7.33. The lowest BCUT2D eigenvalue weighted by atomic mass is 10.3. The Morgan fingerprint density at radius 3 is 2.69 bits per heavy atom. The van der Waals surface area contributed by atoms with Crippen molar-refractivity contribution in [3.63, 3.8) is 0 Å². The van der Waals surface area contributed by atoms with Crippen LogP contribution in [0.5, 0.6) is 0 Å². The number of nitrogens with zero attached hydrogens (tertiary/aromatic N) is 2. The molecule has 0 spiro atoms. The van der Waals surface area contributed by atoms with Crippen LogP contribution in [0.1, 0.15) is 18.7 Å². The van der Waals surface area contributed by atoms with Crippen molar-refractivity contribution in [2.75, 3.05) is 25.5 Å². The summed E-state index contributed by atoms with van der Waals surface area (Å²) in [5.41, 5.74) is 0.761. The van der Waals surface area contributed by atoms with E-state index < -0.39 is 12.7 Å². The lowest BCUT2D eigenvalue weighted by Crippen LogP contribution is -2.30. The first kappa shape index (κ1) is 13.2. The molecule has 1 atom stereocenters. The van der Waals surface area contributed by atoms with Crippen molar-refractivity contribution in [2.24, 2.45) is 0 Å². The molecule has 0 bridgehead atoms. The predicted molar refractivity (Wildman–Crippen MR) is 58.9 cm³/mol. The average molecular weight is 253 g/mol. The molecule has 1 aromatic rings. The van der Waals surface area contributed by atoms with Crippen LogP contribution in [-0.4, -0.2) is 31.8 Å². The molecule has 0 aromatic carbocycles. The van der Waals surface area contributed by atoms with Gasteiger partial charge in [-0.15, -0.1) is 11.3 Å². The van der Waals surface area contributed by atoms with Gasteiger partial charge < -0.3 is 10.2 Å². The maximum atomic E-state index is 12.1. The highest BCUT2D eigenvalue weighted by Gasteiger charge is 2.30. The minimum Gasteiger partial charge on any atom is -0.342 e. The van der Waals surface area contributed by atoms with E-state index in [2.05, 4.69) is 10.3 Å². The van der Waals surface area contributed by atoms with E-state index in [1.807, 2.05) is 6.92 Å². The molecule has 7 heteroatoms. The number of halogens is 3. The molecule has 1 rings (SSSR count). The monoisotopic (exact) mass is 253 g/mol. The van der Waals surface area contributed by atoms with Crippen molar-refractivity contribution in [2.45, 2.75) is 19.1 Å². The van der Waals surface area contributed by atoms with Gasteiger partial charge in [0.1, 0.15) is 6.54 Å². The zero-order valence-electron chi connectivity index (χ0n) is 9.30. The van der Waals surface area contributed by atoms with Crippen molar-refractivity contribution in [1.29, 1.82) is 0 Å². The zero-order valence-corrected chi connectivity index (χ0v) is 10.1. The quantitative estimate of drug-likeness (QED) is 0.893. The van der Waals surface area contributed by atoms with Crippen LogP contribution in [0, 0.1) is 0 Å². The third kappa shape index (κ3) is 3.64. The van der Waals surface area contributed by atoms with E-state index in [1.54, 1.807) is 12.4 Å². The summed E-state index contributed by atoms with van der Waals surface area (Å²) in [5.74, 6) is 0. The van der Waals surface area contributed by atoms with Crippen LogP contribution < -0.4 is 10.2 Å². The molecular formula is C9H14F3N3S. The molecule has 0 fully saturated rings. The number of anilines is 1. The molecular weight excluding hydrogens is 239 g/mol. The number of hydrogen-bond donors (Lipinski definition) is 1. The standard InChI is InChI=1S/C9H14F3N3S/c1-6(13-2)7-4-16-8(14-7)15(3)5-9(10,11)12/h4,6,13H,5H2,1-3H3. The maximum Gasteiger partial charge on any atom is 0.405 e. The summed E-state index contributed by atoms with van der Waals surface area (Å²) >= 11 is 1.22. The van der Waals surface area contributed by atoms with E-state index in [0.717, 1.165) is 10.6 Å². The van der Waals surface area contributed by atoms with Gasteiger partial charge in [-0.2, -0.15) is 13.2 Å². The van der Waals surface area contributed by atoms with Gasteiger partial charge in [0.2, 0.25) is 0 Å². The SMILES string of the molecule is CNC(C)c1csc(N(C)CC(F)(F)F)n1. The van der Waals surface area contributed by atoms with E-state index >= 15 is 0 Å². The topological polar surface area (TPSA) is 28.2 Å². The molecule has 0 saturated carbocycles. The molecule has 0 aliphatic carbocycles. The molecule has 92 valence electrons. The Kier molecular flexibility index (Phi) is 4.15. The first-order valence-electron chi connectivity index (χ1n) is 4.74. The molecule has 1 N–H and O–H groups in total. The molecule has 0 aliphatic rings. The summed E-state index contributed by atoms with van der Waals surface area (Å²) in [5, 5.41) is 5.14. The first-order valence-corrected chi connectivity index (χ1v) is 5.62. The lowest BCUT2D eigenvalue weighted by Gasteiger charge is -2.17. The van der Waals surface area contributed by atoms with Gasteiger partial charge in [-0.3, -0.25) is 0 Å². The van der Waals surface area contributed by atoms with Gasteiger partial charge in [0.25, 0.3) is 0 Å². The Hall–Kier alpha value is -0.820. The number of thiazole rings is 1. The van der Waals surface area contributed by atoms with E-state index in [1.165, 1.54) is 18.4 Å². The highest BCUT2D eigenvalue weighted by Crippen LogP contribution is 2.25. The summed E-state index contributed by atoms with van der Waals surface area (Å²) in [6, 6.07) is 0.0456. The molecule has 1 unspecified atom stereocenters. The second-order valence-electron chi connectivity index (χ2n) is 3.54. The third-order valence-corrected chi connectivity index (χ3v) is 3.10. The smallest absolute Gasteiger partial charge is 0.342 e. The summed E-state index contributed by atoms with van der Waals surface area (Å²) in [6.45, 7) is 0.927. The molecule has 16 heavy (non-hydrogen) atoms. The minimum absolute atomic E-state index is 0.0456. The molecule has 3 nitrogen and oxygen atoms in total. The number of nitrogens with one attached hydrogen (secondary N) is 1. The minimum atomic E-state index is -4.20. The number of aromatic nitrogens is 1. The van der Waals surface area contributed by atoms with Gasteiger partial charge in [-0.25, -0.2) is 4.98 Å². The van der Waals surface area contributed by atoms with Crippen molar-refractivity contribution in [3.05, 3.63) is 11.1 Å². The third-order valence-electron chi connectivity index (χ3n) is 2.13. The Morgan fingerprint density at radius 2 is 2.19 bits per heavy atom. The Labute approximate surface area is 96.3 Å². The van der Waals surface area contributed by atoms with Crippen molar-refractivity contribution < 1.29 is 13.2 Å². The van der Waals surface area contributed by atoms with Crippen molar-refractivity contribution in [1.82, 2.24) is 10.3 Å². The second kappa shape index (κ2) is 5.01. The van der Waals surface area contributed by atoms with Crippen molar-refractivity contribution in [3.8, 4) is 0 Å². The van der Waals surface area contributed by atoms with E-state index in [-0.39, 0.29) is 6.04 Å². The number of hydrogen-bond acceptors (Lipinski definition) is 4. The fourth-order valence-electron chi connectivity index (χ4n) is 1.13. The normalized spacial score (nSPS) is 13.9. The van der Waals surface area contributed by atoms with Gasteiger partial charge in [0, 0.05) is 18.5 Å². The molecule has 1 heterocycles. The number of alkyl halides is 3. The highest BCUT2D eigenvalue weighted by molar-refractivity contribution is 7.13. The highest BCUT2D eigenvalue weighted by atomic mass is 32.1. The summed E-state index contributed by atoms with van der Waals surface area (Å²) in [7, 11) is 3.17. The Balaban J connectivity index is 2.70. The Morgan fingerprint density at radius 1 is 1.56 bits per heavy atom. The summed E-state index contributed by atoms with van der Waals surface area (Å²) in [4.78, 5) is 5.25. The van der Waals surface area contributed by atoms with Crippen LogP contribution in [0.3, 0.4) is 0 Å². The lowest BCUT2D eigenvalue weighted by molar-refractivity contribution is -0.119. The van der Waals surface area contributed by atoms with Gasteiger partial charge in [0.15, 0.2) is 5.13 Å². The van der Waals surface area contributed by atoms with Crippen LogP contribution in [0.15, 0.2) is 5.38 Å². The van der Waals surface area contributed by atoms with Gasteiger partial charge in [-0.05, 0) is 14.0 Å². The molecule has 0 aliphatic heterocycles.